The van der Waals surface area contributed by atoms with Gasteiger partial charge < -0.3 is 4.74 Å². The van der Waals surface area contributed by atoms with Gasteiger partial charge in [0, 0.05) is 23.1 Å². The highest BCUT2D eigenvalue weighted by Crippen LogP contribution is 2.40. The van der Waals surface area contributed by atoms with Crippen molar-refractivity contribution in [1.29, 1.82) is 0 Å². The lowest BCUT2D eigenvalue weighted by Crippen LogP contribution is -2.06. The molecule has 0 radical (unpaired) electrons. The van der Waals surface area contributed by atoms with Crippen molar-refractivity contribution in [3.05, 3.63) is 102 Å². The van der Waals surface area contributed by atoms with Crippen LogP contribution < -0.4 is 4.74 Å². The summed E-state index contributed by atoms with van der Waals surface area (Å²) in [4.78, 5) is 4.94. The smallest absolute Gasteiger partial charge is 0.223 e. The highest BCUT2D eigenvalue weighted by Gasteiger charge is 2.21. The van der Waals surface area contributed by atoms with Gasteiger partial charge in [-0.3, -0.25) is 0 Å². The van der Waals surface area contributed by atoms with E-state index in [0.717, 1.165) is 34.6 Å². The summed E-state index contributed by atoms with van der Waals surface area (Å²) < 4.78 is 6.12. The molecule has 2 nitrogen and oxygen atoms in total. The predicted molar refractivity (Wildman–Crippen MR) is 104 cm³/mol. The van der Waals surface area contributed by atoms with Crippen molar-refractivity contribution in [3.63, 3.8) is 0 Å². The minimum atomic E-state index is 0.710. The molecule has 4 aromatic rings. The molecule has 0 unspecified atom stereocenters. The first kappa shape index (κ1) is 14.9. The number of hydrogen-bond donors (Lipinski definition) is 0. The van der Waals surface area contributed by atoms with Crippen molar-refractivity contribution < 1.29 is 4.74 Å². The summed E-state index contributed by atoms with van der Waals surface area (Å²) >= 11 is 0. The fourth-order valence-corrected chi connectivity index (χ4v) is 3.47. The zero-order valence-electron chi connectivity index (χ0n) is 14.2. The number of ether oxygens (including phenoxy) is 1. The number of fused-ring (bicyclic) bond motifs is 2. The Morgan fingerprint density at radius 1 is 0.654 bits per heavy atom. The Bertz CT molecular complexity index is 984. The molecule has 2 heteroatoms. The number of hydrogen-bond acceptors (Lipinski definition) is 2. The van der Waals surface area contributed by atoms with Crippen LogP contribution in [0.2, 0.25) is 0 Å². The fourth-order valence-electron chi connectivity index (χ4n) is 3.47. The van der Waals surface area contributed by atoms with Crippen LogP contribution in [0, 0.1) is 0 Å². The van der Waals surface area contributed by atoms with Crippen molar-refractivity contribution in [1.82, 2.24) is 4.98 Å². The molecule has 0 amide bonds. The first-order chi connectivity index (χ1) is 12.9. The molecule has 0 saturated carbocycles. The number of nitrogens with zero attached hydrogens (tertiary/aromatic N) is 1. The van der Waals surface area contributed by atoms with E-state index in [4.69, 9.17) is 9.72 Å². The molecule has 1 aromatic heterocycles. The SMILES string of the molecule is c1ccc(-c2cc3c(nc2-c2ccccc2)Oc2ccccc2C3)cc1. The Labute approximate surface area is 152 Å². The Hall–Kier alpha value is -3.39. The number of aromatic nitrogens is 1. The third-order valence-electron chi connectivity index (χ3n) is 4.75. The molecular weight excluding hydrogens is 318 g/mol. The highest BCUT2D eigenvalue weighted by atomic mass is 16.5. The van der Waals surface area contributed by atoms with Crippen molar-refractivity contribution in [2.24, 2.45) is 0 Å². The van der Waals surface area contributed by atoms with Gasteiger partial charge in [0.25, 0.3) is 0 Å². The quantitative estimate of drug-likeness (QED) is 0.388. The maximum Gasteiger partial charge on any atom is 0.223 e. The minimum Gasteiger partial charge on any atom is -0.438 e. The largest absolute Gasteiger partial charge is 0.438 e. The predicted octanol–water partition coefficient (Wildman–Crippen LogP) is 6.11. The van der Waals surface area contributed by atoms with Gasteiger partial charge in [-0.2, -0.15) is 0 Å². The Morgan fingerprint density at radius 2 is 1.31 bits per heavy atom. The first-order valence-corrected chi connectivity index (χ1v) is 8.79. The summed E-state index contributed by atoms with van der Waals surface area (Å²) in [5.74, 6) is 1.61. The molecular formula is C24H17NO. The Kier molecular flexibility index (Phi) is 3.53. The third-order valence-corrected chi connectivity index (χ3v) is 4.75. The fraction of sp³-hybridized carbons (Fsp3) is 0.0417. The lowest BCUT2D eigenvalue weighted by molar-refractivity contribution is 0.441. The van der Waals surface area contributed by atoms with Crippen molar-refractivity contribution in [2.45, 2.75) is 6.42 Å². The molecule has 0 spiro atoms. The van der Waals surface area contributed by atoms with Crippen molar-refractivity contribution >= 4 is 0 Å². The van der Waals surface area contributed by atoms with Gasteiger partial charge in [0.1, 0.15) is 5.75 Å². The summed E-state index contributed by atoms with van der Waals surface area (Å²) in [5, 5.41) is 0. The van der Waals surface area contributed by atoms with E-state index in [1.54, 1.807) is 0 Å². The van der Waals surface area contributed by atoms with Gasteiger partial charge in [-0.05, 0) is 23.3 Å². The third kappa shape index (κ3) is 2.56. The van der Waals surface area contributed by atoms with Crippen LogP contribution in [-0.2, 0) is 6.42 Å². The minimum absolute atomic E-state index is 0.710. The van der Waals surface area contributed by atoms with E-state index >= 15 is 0 Å². The van der Waals surface area contributed by atoms with E-state index in [9.17, 15) is 0 Å². The van der Waals surface area contributed by atoms with Crippen LogP contribution >= 0.6 is 0 Å². The molecule has 0 fully saturated rings. The second-order valence-corrected chi connectivity index (χ2v) is 6.47. The normalized spacial score (nSPS) is 12.0. The number of rotatable bonds is 2. The molecule has 0 N–H and O–H groups in total. The maximum absolute atomic E-state index is 6.12. The number of benzene rings is 3. The lowest BCUT2D eigenvalue weighted by Gasteiger charge is -2.21. The van der Waals surface area contributed by atoms with E-state index < -0.39 is 0 Å². The van der Waals surface area contributed by atoms with Crippen molar-refractivity contribution in [2.75, 3.05) is 0 Å². The zero-order chi connectivity index (χ0) is 17.3. The van der Waals surface area contributed by atoms with Gasteiger partial charge in [0.05, 0.1) is 5.69 Å². The van der Waals surface area contributed by atoms with Crippen LogP contribution in [0.1, 0.15) is 11.1 Å². The molecule has 0 bridgehead atoms. The van der Waals surface area contributed by atoms with E-state index in [0.29, 0.717) is 5.88 Å². The van der Waals surface area contributed by atoms with Crippen LogP contribution in [0.25, 0.3) is 22.4 Å². The van der Waals surface area contributed by atoms with Crippen LogP contribution in [0.5, 0.6) is 11.6 Å². The standard InChI is InChI=1S/C24H17NO/c1-3-9-17(10-4-1)21-16-20-15-19-13-7-8-14-22(19)26-24(20)25-23(21)18-11-5-2-6-12-18/h1-14,16H,15H2. The summed E-state index contributed by atoms with van der Waals surface area (Å²) in [6, 6.07) is 31.1. The van der Waals surface area contributed by atoms with E-state index in [1.807, 2.05) is 36.4 Å². The molecule has 0 atom stereocenters. The number of para-hydroxylation sites is 1. The molecule has 124 valence electrons. The van der Waals surface area contributed by atoms with Gasteiger partial charge in [0.15, 0.2) is 0 Å². The summed E-state index contributed by atoms with van der Waals surface area (Å²) in [7, 11) is 0. The van der Waals surface area contributed by atoms with Crippen LogP contribution in [0.4, 0.5) is 0 Å². The van der Waals surface area contributed by atoms with E-state index in [2.05, 4.69) is 54.6 Å². The molecule has 0 saturated heterocycles. The molecule has 2 heterocycles. The average molecular weight is 335 g/mol. The molecule has 1 aliphatic heterocycles. The zero-order valence-corrected chi connectivity index (χ0v) is 14.2. The summed E-state index contributed by atoms with van der Waals surface area (Å²) in [6.07, 6.45) is 0.841. The topological polar surface area (TPSA) is 22.1 Å². The van der Waals surface area contributed by atoms with E-state index in [1.165, 1.54) is 11.1 Å². The average Bonchev–Trinajstić information content (AvgIpc) is 2.72. The van der Waals surface area contributed by atoms with Gasteiger partial charge >= 0.3 is 0 Å². The maximum atomic E-state index is 6.12. The summed E-state index contributed by atoms with van der Waals surface area (Å²) in [5.41, 5.74) is 6.68. The molecule has 1 aliphatic rings. The van der Waals surface area contributed by atoms with Crippen LogP contribution in [0.3, 0.4) is 0 Å². The Morgan fingerprint density at radius 3 is 2.08 bits per heavy atom. The number of pyridine rings is 1. The van der Waals surface area contributed by atoms with Gasteiger partial charge in [-0.1, -0.05) is 78.9 Å². The lowest BCUT2D eigenvalue weighted by atomic mass is 9.94. The van der Waals surface area contributed by atoms with Crippen LogP contribution in [0.15, 0.2) is 91.0 Å². The second-order valence-electron chi connectivity index (χ2n) is 6.47. The van der Waals surface area contributed by atoms with Gasteiger partial charge in [0.2, 0.25) is 5.88 Å². The highest BCUT2D eigenvalue weighted by molar-refractivity contribution is 5.82. The monoisotopic (exact) mass is 335 g/mol. The van der Waals surface area contributed by atoms with E-state index in [-0.39, 0.29) is 0 Å². The molecule has 0 aliphatic carbocycles. The second kappa shape index (κ2) is 6.16. The van der Waals surface area contributed by atoms with Gasteiger partial charge in [-0.25, -0.2) is 4.98 Å². The van der Waals surface area contributed by atoms with Crippen molar-refractivity contribution in [3.8, 4) is 34.0 Å². The molecule has 26 heavy (non-hydrogen) atoms. The first-order valence-electron chi connectivity index (χ1n) is 8.79. The summed E-state index contributed by atoms with van der Waals surface area (Å²) in [6.45, 7) is 0. The van der Waals surface area contributed by atoms with Gasteiger partial charge in [-0.15, -0.1) is 0 Å². The Balaban J connectivity index is 1.72. The molecule has 3 aromatic carbocycles. The molecule has 5 rings (SSSR count). The van der Waals surface area contributed by atoms with Crippen LogP contribution in [-0.4, -0.2) is 4.98 Å².